The van der Waals surface area contributed by atoms with Gasteiger partial charge in [0.1, 0.15) is 0 Å². The Kier molecular flexibility index (Phi) is 14.5. The summed E-state index contributed by atoms with van der Waals surface area (Å²) in [5.41, 5.74) is 0. The monoisotopic (exact) mass is 966 g/mol. The second kappa shape index (κ2) is 15.1. The van der Waals surface area contributed by atoms with Crippen molar-refractivity contribution >= 4 is 0 Å². The third-order valence-corrected chi connectivity index (χ3v) is 7.64. The van der Waals surface area contributed by atoms with Crippen LogP contribution in [0.25, 0.3) is 0 Å². The lowest BCUT2D eigenvalue weighted by Gasteiger charge is -2.45. The third-order valence-electron chi connectivity index (χ3n) is 7.64. The zero-order chi connectivity index (χ0) is 48.7. The van der Waals surface area contributed by atoms with Crippen molar-refractivity contribution in [2.45, 2.75) is 147 Å². The normalized spacial score (nSPS) is 17.7. The lowest BCUT2D eigenvalue weighted by molar-refractivity contribution is -0.529. The minimum atomic E-state index is -9.75. The van der Waals surface area contributed by atoms with Gasteiger partial charge in [-0.15, -0.1) is 0 Å². The molecule has 356 valence electrons. The SMILES string of the molecule is CCCC(F)C(F)(F)C(F)(F)C(F)(F)C(F)(F)C(F)(F)C(F)(F)C(F)(F)C(F)(F)OC(F)(F)C(F)(F)C(F)(F)C(F)(F)C(F)(F)C(F)(F)C(F)(F)C(F)(F)C(F)CCC. The number of halogens is 34. The van der Waals surface area contributed by atoms with Gasteiger partial charge in [0.15, 0.2) is 12.3 Å². The molecule has 1 nitrogen and oxygen atoms in total. The Labute approximate surface area is 302 Å². The molecule has 0 heterocycles. The summed E-state index contributed by atoms with van der Waals surface area (Å²) in [6.45, 7) is 1.02. The van der Waals surface area contributed by atoms with Crippen LogP contribution in [0.1, 0.15) is 39.5 Å². The van der Waals surface area contributed by atoms with E-state index in [9.17, 15) is 149 Å². The van der Waals surface area contributed by atoms with E-state index in [0.29, 0.717) is 18.6 Å². The molecule has 0 saturated heterocycles. The first kappa shape index (κ1) is 56.6. The van der Waals surface area contributed by atoms with Crippen molar-refractivity contribution in [3.05, 3.63) is 0 Å². The van der Waals surface area contributed by atoms with E-state index < -0.39 is 133 Å². The van der Waals surface area contributed by atoms with E-state index >= 15 is 0 Å². The van der Waals surface area contributed by atoms with Gasteiger partial charge in [0.25, 0.3) is 0 Å². The fourth-order valence-corrected chi connectivity index (χ4v) is 3.91. The van der Waals surface area contributed by atoms with Crippen molar-refractivity contribution in [2.75, 3.05) is 0 Å². The second-order valence-corrected chi connectivity index (χ2v) is 11.8. The molecule has 0 radical (unpaired) electrons. The van der Waals surface area contributed by atoms with E-state index in [1.165, 1.54) is 0 Å². The Hall–Kier alpha value is -2.42. The highest BCUT2D eigenvalue weighted by Gasteiger charge is 2.98. The van der Waals surface area contributed by atoms with Gasteiger partial charge < -0.3 is 0 Å². The minimum Gasteiger partial charge on any atom is -0.245 e. The van der Waals surface area contributed by atoms with Gasteiger partial charge in [0, 0.05) is 0 Å². The molecule has 0 aromatic rings. The predicted molar refractivity (Wildman–Crippen MR) is 120 cm³/mol. The van der Waals surface area contributed by atoms with E-state index in [1.54, 1.807) is 0 Å². The molecule has 0 aliphatic heterocycles. The van der Waals surface area contributed by atoms with Crippen LogP contribution in [0.2, 0.25) is 0 Å². The zero-order valence-corrected chi connectivity index (χ0v) is 27.2. The van der Waals surface area contributed by atoms with Crippen LogP contribution in [-0.4, -0.2) is 107 Å². The van der Waals surface area contributed by atoms with E-state index in [1.807, 2.05) is 0 Å². The molecule has 0 fully saturated rings. The molecule has 0 bridgehead atoms. The topological polar surface area (TPSA) is 9.23 Å². The smallest absolute Gasteiger partial charge is 0.245 e. The summed E-state index contributed by atoms with van der Waals surface area (Å²) >= 11 is 0. The maximum Gasteiger partial charge on any atom is 0.430 e. The van der Waals surface area contributed by atoms with Gasteiger partial charge in [0.2, 0.25) is 0 Å². The van der Waals surface area contributed by atoms with E-state index in [-0.39, 0.29) is 0 Å². The Morgan fingerprint density at radius 1 is 0.271 bits per heavy atom. The summed E-state index contributed by atoms with van der Waals surface area (Å²) in [4.78, 5) is 0. The summed E-state index contributed by atoms with van der Waals surface area (Å²) in [6.07, 6.45) is -35.2. The summed E-state index contributed by atoms with van der Waals surface area (Å²) in [6, 6.07) is 0. The summed E-state index contributed by atoms with van der Waals surface area (Å²) in [7, 11) is 0. The number of hydrogen-bond donors (Lipinski definition) is 0. The van der Waals surface area contributed by atoms with Crippen LogP contribution in [0.15, 0.2) is 0 Å². The van der Waals surface area contributed by atoms with Gasteiger partial charge in [-0.05, 0) is 12.8 Å². The molecule has 0 rings (SSSR count). The largest absolute Gasteiger partial charge is 0.430 e. The lowest BCUT2D eigenvalue weighted by Crippen LogP contribution is -2.77. The standard InChI is InChI=1S/C24H16F34O/c1-3-5-7(25)9(27,28)11(31,32)13(35,36)15(39,40)17(43,44)19(47,48)21(51,52)23(55,56)59-24(57,58)22(53,54)20(49,50)18(45,46)16(41,42)14(37,38)12(33,34)10(29,30)8(26)6-4-2/h7-8H,3-6H2,1-2H3. The number of rotatable bonds is 22. The fourth-order valence-electron chi connectivity index (χ4n) is 3.91. The average molecular weight is 966 g/mol. The summed E-state index contributed by atoms with van der Waals surface area (Å²) in [5.74, 6) is -128. The number of ether oxygens (including phenoxy) is 1. The van der Waals surface area contributed by atoms with E-state index in [0.717, 1.165) is 0 Å². The molecule has 0 aliphatic carbocycles. The summed E-state index contributed by atoms with van der Waals surface area (Å²) < 4.78 is 470. The molecular formula is C24H16F34O. The molecule has 35 heteroatoms. The maximum atomic E-state index is 13.9. The first-order chi connectivity index (χ1) is 25.2. The Morgan fingerprint density at radius 3 is 0.593 bits per heavy atom. The molecule has 0 aliphatic rings. The fraction of sp³-hybridized carbons (Fsp3) is 1.00. The van der Waals surface area contributed by atoms with Gasteiger partial charge in [0.05, 0.1) is 0 Å². The first-order valence-corrected chi connectivity index (χ1v) is 14.2. The van der Waals surface area contributed by atoms with Gasteiger partial charge in [-0.25, -0.2) is 13.5 Å². The molecule has 0 spiro atoms. The van der Waals surface area contributed by atoms with Crippen LogP contribution in [0.4, 0.5) is 149 Å². The van der Waals surface area contributed by atoms with Crippen LogP contribution >= 0.6 is 0 Å². The van der Waals surface area contributed by atoms with Gasteiger partial charge in [-0.2, -0.15) is 140 Å². The molecule has 0 saturated carbocycles. The lowest BCUT2D eigenvalue weighted by atomic mass is 9.87. The molecule has 59 heavy (non-hydrogen) atoms. The third kappa shape index (κ3) is 7.33. The van der Waals surface area contributed by atoms with Gasteiger partial charge in [-0.3, -0.25) is 0 Å². The van der Waals surface area contributed by atoms with Crippen molar-refractivity contribution in [3.8, 4) is 0 Å². The van der Waals surface area contributed by atoms with E-state index in [4.69, 9.17) is 0 Å². The first-order valence-electron chi connectivity index (χ1n) is 14.2. The highest BCUT2D eigenvalue weighted by Crippen LogP contribution is 2.67. The van der Waals surface area contributed by atoms with Gasteiger partial charge >= 0.3 is 95.1 Å². The minimum absolute atomic E-state index is 0.510. The Bertz CT molecular complexity index is 1340. The van der Waals surface area contributed by atoms with Crippen molar-refractivity contribution in [1.82, 2.24) is 0 Å². The van der Waals surface area contributed by atoms with Crippen LogP contribution < -0.4 is 0 Å². The molecular weight excluding hydrogens is 950 g/mol. The van der Waals surface area contributed by atoms with Crippen LogP contribution in [0.5, 0.6) is 0 Å². The quantitative estimate of drug-likeness (QED) is 0.0983. The van der Waals surface area contributed by atoms with Crippen molar-refractivity contribution < 1.29 is 154 Å². The molecule has 2 unspecified atom stereocenters. The molecule has 2 atom stereocenters. The number of hydrogen-bond acceptors (Lipinski definition) is 1. The second-order valence-electron chi connectivity index (χ2n) is 11.8. The molecule has 0 aromatic heterocycles. The Balaban J connectivity index is 7.46. The van der Waals surface area contributed by atoms with E-state index in [2.05, 4.69) is 0 Å². The van der Waals surface area contributed by atoms with Crippen LogP contribution in [0.3, 0.4) is 0 Å². The van der Waals surface area contributed by atoms with Crippen LogP contribution in [-0.2, 0) is 4.74 Å². The highest BCUT2D eigenvalue weighted by atomic mass is 19.4. The maximum absolute atomic E-state index is 13.9. The van der Waals surface area contributed by atoms with Crippen molar-refractivity contribution in [1.29, 1.82) is 0 Å². The molecule has 0 aromatic carbocycles. The van der Waals surface area contributed by atoms with Crippen LogP contribution in [0, 0.1) is 0 Å². The molecule has 0 N–H and O–H groups in total. The van der Waals surface area contributed by atoms with Gasteiger partial charge in [-0.1, -0.05) is 26.7 Å². The van der Waals surface area contributed by atoms with Crippen molar-refractivity contribution in [3.63, 3.8) is 0 Å². The number of alkyl halides is 34. The zero-order valence-electron chi connectivity index (χ0n) is 27.2. The predicted octanol–water partition coefficient (Wildman–Crippen LogP) is 13.4. The molecule has 0 amide bonds. The Morgan fingerprint density at radius 2 is 0.424 bits per heavy atom. The highest BCUT2D eigenvalue weighted by molar-refractivity contribution is 5.18. The summed E-state index contributed by atoms with van der Waals surface area (Å²) in [5, 5.41) is 0. The average Bonchev–Trinajstić information content (AvgIpc) is 3.02. The van der Waals surface area contributed by atoms with Crippen molar-refractivity contribution in [2.24, 2.45) is 0 Å².